The van der Waals surface area contributed by atoms with E-state index in [-0.39, 0.29) is 24.0 Å². The molecular weight excluding hydrogens is 282 g/mol. The molecule has 0 saturated heterocycles. The smallest absolute Gasteiger partial charge is 0.311 e. The summed E-state index contributed by atoms with van der Waals surface area (Å²) < 4.78 is 5.20. The zero-order valence-electron chi connectivity index (χ0n) is 12.8. The van der Waals surface area contributed by atoms with Crippen LogP contribution in [-0.4, -0.2) is 17.0 Å². The third-order valence-electron chi connectivity index (χ3n) is 3.42. The maximum absolute atomic E-state index is 12.5. The van der Waals surface area contributed by atoms with E-state index < -0.39 is 5.97 Å². The Bertz CT molecular complexity index is 700. The summed E-state index contributed by atoms with van der Waals surface area (Å²) in [4.78, 5) is 23.4. The summed E-state index contributed by atoms with van der Waals surface area (Å²) in [5, 5.41) is 11.8. The third kappa shape index (κ3) is 3.36. The first-order chi connectivity index (χ1) is 10.4. The average molecular weight is 301 g/mol. The molecule has 0 atom stereocenters. The number of para-hydroxylation sites is 1. The summed E-state index contributed by atoms with van der Waals surface area (Å²) in [6.45, 7) is 5.81. The first kappa shape index (κ1) is 15.8. The van der Waals surface area contributed by atoms with Crippen LogP contribution < -0.4 is 5.32 Å². The molecule has 5 nitrogen and oxygen atoms in total. The van der Waals surface area contributed by atoms with Gasteiger partial charge in [-0.15, -0.1) is 0 Å². The van der Waals surface area contributed by atoms with Gasteiger partial charge in [0.2, 0.25) is 0 Å². The van der Waals surface area contributed by atoms with Crippen molar-refractivity contribution in [1.29, 1.82) is 0 Å². The molecule has 0 spiro atoms. The highest BCUT2D eigenvalue weighted by molar-refractivity contribution is 6.06. The number of carbonyl (C=O) groups is 2. The number of anilines is 1. The van der Waals surface area contributed by atoms with Crippen LogP contribution in [0.5, 0.6) is 0 Å². The molecule has 1 amide bonds. The number of carbonyl (C=O) groups excluding carboxylic acids is 1. The summed E-state index contributed by atoms with van der Waals surface area (Å²) in [6, 6.07) is 7.56. The van der Waals surface area contributed by atoms with Crippen molar-refractivity contribution in [2.24, 2.45) is 0 Å². The first-order valence-electron chi connectivity index (χ1n) is 7.09. The van der Waals surface area contributed by atoms with Gasteiger partial charge in [0.25, 0.3) is 5.91 Å². The fraction of sp³-hybridized carbons (Fsp3) is 0.294. The zero-order chi connectivity index (χ0) is 16.3. The predicted octanol–water partition coefficient (Wildman–Crippen LogP) is 3.59. The number of hydrogen-bond acceptors (Lipinski definition) is 3. The molecule has 0 aliphatic rings. The maximum Gasteiger partial charge on any atom is 0.311 e. The van der Waals surface area contributed by atoms with E-state index in [1.165, 1.54) is 6.26 Å². The highest BCUT2D eigenvalue weighted by Crippen LogP contribution is 2.25. The van der Waals surface area contributed by atoms with Gasteiger partial charge in [0, 0.05) is 11.3 Å². The lowest BCUT2D eigenvalue weighted by molar-refractivity contribution is -0.136. The van der Waals surface area contributed by atoms with Gasteiger partial charge in [-0.1, -0.05) is 32.0 Å². The van der Waals surface area contributed by atoms with Crippen LogP contribution in [0.15, 0.2) is 34.9 Å². The van der Waals surface area contributed by atoms with Crippen molar-refractivity contribution in [3.8, 4) is 0 Å². The molecule has 2 aromatic rings. The molecule has 2 rings (SSSR count). The van der Waals surface area contributed by atoms with Crippen molar-refractivity contribution in [2.75, 3.05) is 5.32 Å². The molecule has 1 heterocycles. The normalized spacial score (nSPS) is 10.7. The summed E-state index contributed by atoms with van der Waals surface area (Å²) in [6.07, 6.45) is 1.09. The van der Waals surface area contributed by atoms with Crippen LogP contribution in [0.2, 0.25) is 0 Å². The van der Waals surface area contributed by atoms with Crippen molar-refractivity contribution in [3.05, 3.63) is 53.0 Å². The molecule has 116 valence electrons. The minimum atomic E-state index is -1.04. The molecule has 5 heteroatoms. The molecule has 0 saturated carbocycles. The maximum atomic E-state index is 12.5. The van der Waals surface area contributed by atoms with Crippen LogP contribution >= 0.6 is 0 Å². The van der Waals surface area contributed by atoms with Crippen LogP contribution in [0.3, 0.4) is 0 Å². The Morgan fingerprint density at radius 3 is 2.59 bits per heavy atom. The Morgan fingerprint density at radius 1 is 1.27 bits per heavy atom. The molecule has 0 bridgehead atoms. The van der Waals surface area contributed by atoms with Crippen molar-refractivity contribution >= 4 is 17.6 Å². The van der Waals surface area contributed by atoms with Crippen molar-refractivity contribution in [2.45, 2.75) is 33.1 Å². The monoisotopic (exact) mass is 301 g/mol. The number of hydrogen-bond donors (Lipinski definition) is 2. The minimum Gasteiger partial charge on any atom is -0.481 e. The second-order valence-electron chi connectivity index (χ2n) is 5.48. The summed E-state index contributed by atoms with van der Waals surface area (Å²) in [7, 11) is 0. The largest absolute Gasteiger partial charge is 0.481 e. The summed E-state index contributed by atoms with van der Waals surface area (Å²) in [5.41, 5.74) is 2.66. The Balaban J connectivity index is 2.31. The van der Waals surface area contributed by atoms with Gasteiger partial charge in [-0.05, 0) is 24.5 Å². The Labute approximate surface area is 129 Å². The molecule has 2 N–H and O–H groups in total. The SMILES string of the molecule is Cc1coc(CC(=O)O)c1C(=O)Nc1ccccc1C(C)C. The van der Waals surface area contributed by atoms with Gasteiger partial charge in [0.1, 0.15) is 12.2 Å². The molecular formula is C17H19NO4. The van der Waals surface area contributed by atoms with E-state index in [9.17, 15) is 9.59 Å². The Hall–Kier alpha value is -2.56. The number of amides is 1. The van der Waals surface area contributed by atoms with Crippen LogP contribution in [-0.2, 0) is 11.2 Å². The van der Waals surface area contributed by atoms with E-state index in [0.29, 0.717) is 11.1 Å². The number of rotatable bonds is 5. The van der Waals surface area contributed by atoms with Gasteiger partial charge in [-0.2, -0.15) is 0 Å². The molecule has 0 unspecified atom stereocenters. The number of carboxylic acid groups (broad SMARTS) is 1. The van der Waals surface area contributed by atoms with Gasteiger partial charge in [-0.25, -0.2) is 0 Å². The number of carboxylic acids is 1. The second kappa shape index (κ2) is 6.47. The standard InChI is InChI=1S/C17H19NO4/c1-10(2)12-6-4-5-7-13(12)18-17(21)16-11(3)9-22-14(16)8-15(19)20/h4-7,9-10H,8H2,1-3H3,(H,18,21)(H,19,20). The summed E-state index contributed by atoms with van der Waals surface area (Å²) >= 11 is 0. The molecule has 1 aromatic heterocycles. The van der Waals surface area contributed by atoms with E-state index >= 15 is 0 Å². The lowest BCUT2D eigenvalue weighted by Crippen LogP contribution is -2.16. The van der Waals surface area contributed by atoms with E-state index in [1.54, 1.807) is 6.92 Å². The van der Waals surface area contributed by atoms with E-state index in [1.807, 2.05) is 38.1 Å². The average Bonchev–Trinajstić information content (AvgIpc) is 2.79. The number of nitrogens with one attached hydrogen (secondary N) is 1. The fourth-order valence-electron chi connectivity index (χ4n) is 2.37. The highest BCUT2D eigenvalue weighted by Gasteiger charge is 2.21. The molecule has 22 heavy (non-hydrogen) atoms. The highest BCUT2D eigenvalue weighted by atomic mass is 16.4. The quantitative estimate of drug-likeness (QED) is 0.884. The number of benzene rings is 1. The van der Waals surface area contributed by atoms with Gasteiger partial charge < -0.3 is 14.8 Å². The van der Waals surface area contributed by atoms with Crippen molar-refractivity contribution < 1.29 is 19.1 Å². The summed E-state index contributed by atoms with van der Waals surface area (Å²) in [5.74, 6) is -0.952. The van der Waals surface area contributed by atoms with Crippen LogP contribution in [0.4, 0.5) is 5.69 Å². The lowest BCUT2D eigenvalue weighted by atomic mass is 10.0. The van der Waals surface area contributed by atoms with Gasteiger partial charge in [-0.3, -0.25) is 9.59 Å². The lowest BCUT2D eigenvalue weighted by Gasteiger charge is -2.13. The van der Waals surface area contributed by atoms with Crippen LogP contribution in [0, 0.1) is 6.92 Å². The number of aliphatic carboxylic acids is 1. The molecule has 0 fully saturated rings. The van der Waals surface area contributed by atoms with E-state index in [0.717, 1.165) is 11.3 Å². The van der Waals surface area contributed by atoms with Crippen molar-refractivity contribution in [1.82, 2.24) is 0 Å². The van der Waals surface area contributed by atoms with Crippen LogP contribution in [0.1, 0.15) is 47.0 Å². The Morgan fingerprint density at radius 2 is 1.95 bits per heavy atom. The van der Waals surface area contributed by atoms with Gasteiger partial charge >= 0.3 is 5.97 Å². The van der Waals surface area contributed by atoms with E-state index in [4.69, 9.17) is 9.52 Å². The van der Waals surface area contributed by atoms with Crippen LogP contribution in [0.25, 0.3) is 0 Å². The number of aryl methyl sites for hydroxylation is 1. The molecule has 0 aliphatic heterocycles. The zero-order valence-corrected chi connectivity index (χ0v) is 12.8. The Kier molecular flexibility index (Phi) is 4.65. The predicted molar refractivity (Wildman–Crippen MR) is 83.3 cm³/mol. The second-order valence-corrected chi connectivity index (χ2v) is 5.48. The first-order valence-corrected chi connectivity index (χ1v) is 7.09. The van der Waals surface area contributed by atoms with E-state index in [2.05, 4.69) is 5.32 Å². The fourth-order valence-corrected chi connectivity index (χ4v) is 2.37. The van der Waals surface area contributed by atoms with Gasteiger partial charge in [0.05, 0.1) is 11.8 Å². The number of furan rings is 1. The third-order valence-corrected chi connectivity index (χ3v) is 3.42. The molecule has 0 radical (unpaired) electrons. The minimum absolute atomic E-state index is 0.171. The topological polar surface area (TPSA) is 79.5 Å². The van der Waals surface area contributed by atoms with Gasteiger partial charge in [0.15, 0.2) is 0 Å². The van der Waals surface area contributed by atoms with Crippen molar-refractivity contribution in [3.63, 3.8) is 0 Å². The molecule has 0 aliphatic carbocycles. The molecule has 1 aromatic carbocycles.